The number of amides is 2. The van der Waals surface area contributed by atoms with Crippen LogP contribution in [0.5, 0.6) is 0 Å². The van der Waals surface area contributed by atoms with Crippen molar-refractivity contribution in [2.24, 2.45) is 0 Å². The molecule has 3 N–H and O–H groups in total. The number of nitrogens with one attached hydrogen (secondary N) is 2. The number of aromatic nitrogens is 7. The molecule has 12 nitrogen and oxygen atoms in total. The summed E-state index contributed by atoms with van der Waals surface area (Å²) >= 11 is 1.73. The van der Waals surface area contributed by atoms with Gasteiger partial charge in [0.25, 0.3) is 0 Å². The zero-order valence-electron chi connectivity index (χ0n) is 20.6. The number of anilines is 3. The first-order valence-electron chi connectivity index (χ1n) is 12.4. The Morgan fingerprint density at radius 2 is 2.14 bits per heavy atom. The minimum absolute atomic E-state index is 0.113. The Morgan fingerprint density at radius 1 is 1.27 bits per heavy atom. The molecule has 37 heavy (non-hydrogen) atoms. The molecule has 1 saturated heterocycles. The van der Waals surface area contributed by atoms with Gasteiger partial charge in [-0.2, -0.15) is 10.2 Å². The molecule has 2 atom stereocenters. The molecule has 2 aliphatic rings. The maximum atomic E-state index is 12.6. The highest BCUT2D eigenvalue weighted by atomic mass is 32.2. The van der Waals surface area contributed by atoms with Crippen molar-refractivity contribution in [3.8, 4) is 11.4 Å². The Kier molecular flexibility index (Phi) is 6.16. The van der Waals surface area contributed by atoms with E-state index in [1.165, 1.54) is 12.8 Å². The highest BCUT2D eigenvalue weighted by molar-refractivity contribution is 7.98. The maximum absolute atomic E-state index is 12.6. The Hall–Kier alpha value is -3.71. The van der Waals surface area contributed by atoms with Gasteiger partial charge in [-0.1, -0.05) is 6.92 Å². The summed E-state index contributed by atoms with van der Waals surface area (Å²) < 4.78 is 3.80. The van der Waals surface area contributed by atoms with Crippen molar-refractivity contribution in [3.63, 3.8) is 0 Å². The quantitative estimate of drug-likeness (QED) is 0.303. The predicted octanol–water partition coefficient (Wildman–Crippen LogP) is 3.35. The lowest BCUT2D eigenvalue weighted by Gasteiger charge is -2.12. The lowest BCUT2D eigenvalue weighted by atomic mass is 10.2. The predicted molar refractivity (Wildman–Crippen MR) is 142 cm³/mol. The molecule has 2 amide bonds. The minimum atomic E-state index is -0.323. The molecule has 192 valence electrons. The molecular formula is C24H28N10O2S. The van der Waals surface area contributed by atoms with Gasteiger partial charge in [0.05, 0.1) is 41.9 Å². The van der Waals surface area contributed by atoms with Crippen molar-refractivity contribution in [3.05, 3.63) is 36.9 Å². The summed E-state index contributed by atoms with van der Waals surface area (Å²) in [6.07, 6.45) is 10.5. The molecule has 5 heterocycles. The molecule has 0 spiro atoms. The fourth-order valence-electron chi connectivity index (χ4n) is 4.18. The zero-order chi connectivity index (χ0) is 25.5. The molecule has 4 aromatic heterocycles. The van der Waals surface area contributed by atoms with E-state index in [0.717, 1.165) is 22.9 Å². The van der Waals surface area contributed by atoms with Gasteiger partial charge in [0.15, 0.2) is 11.6 Å². The standard InChI is InChI=1S/C24H28N10O2S/c1-3-14(2)34-19-8-21(26-10-18(19)23(31-34)32-12-16(13-35)28-24(32)36)29-20-6-7-25-22(30-20)15-9-27-33(11-15)37-17-4-5-17/h6-11,14,16-17,35H,3-5,12-13H2,1-2H3,(H,28,36)(H,25,26,29,30). The third-order valence-electron chi connectivity index (χ3n) is 6.54. The first-order chi connectivity index (χ1) is 18.0. The van der Waals surface area contributed by atoms with Crippen LogP contribution in [0.1, 0.15) is 39.2 Å². The summed E-state index contributed by atoms with van der Waals surface area (Å²) in [7, 11) is 0. The van der Waals surface area contributed by atoms with Crippen molar-refractivity contribution >= 4 is 46.3 Å². The Balaban J connectivity index is 1.29. The van der Waals surface area contributed by atoms with Crippen molar-refractivity contribution in [2.75, 3.05) is 23.4 Å². The van der Waals surface area contributed by atoms with Crippen LogP contribution < -0.4 is 15.5 Å². The van der Waals surface area contributed by atoms with Crippen LogP contribution >= 0.6 is 11.9 Å². The number of rotatable bonds is 9. The van der Waals surface area contributed by atoms with Gasteiger partial charge in [-0.15, -0.1) is 0 Å². The van der Waals surface area contributed by atoms with E-state index in [2.05, 4.69) is 44.5 Å². The summed E-state index contributed by atoms with van der Waals surface area (Å²) in [4.78, 5) is 27.8. The number of carbonyl (C=O) groups is 1. The number of hydrogen-bond acceptors (Lipinski definition) is 9. The summed E-state index contributed by atoms with van der Waals surface area (Å²) in [6.45, 7) is 4.40. The molecule has 2 unspecified atom stereocenters. The fraction of sp³-hybridized carbons (Fsp3) is 0.417. The van der Waals surface area contributed by atoms with Gasteiger partial charge < -0.3 is 15.7 Å². The number of nitrogens with zero attached hydrogens (tertiary/aromatic N) is 8. The number of pyridine rings is 1. The molecule has 0 aromatic carbocycles. The summed E-state index contributed by atoms with van der Waals surface area (Å²) in [5.74, 6) is 2.33. The molecule has 2 fully saturated rings. The SMILES string of the molecule is CCC(C)n1nc(N2CC(CO)NC2=O)c2cnc(Nc3ccnc(-c4cnn(SC5CC5)c4)n3)cc21. The van der Waals surface area contributed by atoms with Crippen LogP contribution in [0.4, 0.5) is 22.2 Å². The van der Waals surface area contributed by atoms with Crippen LogP contribution in [0, 0.1) is 0 Å². The normalized spacial score (nSPS) is 18.4. The summed E-state index contributed by atoms with van der Waals surface area (Å²) in [6, 6.07) is 3.23. The highest BCUT2D eigenvalue weighted by Crippen LogP contribution is 2.35. The van der Waals surface area contributed by atoms with Crippen molar-refractivity contribution in [1.29, 1.82) is 0 Å². The van der Waals surface area contributed by atoms with E-state index in [1.807, 2.05) is 21.0 Å². The zero-order valence-corrected chi connectivity index (χ0v) is 21.4. The Labute approximate surface area is 217 Å². The Bertz CT molecular complexity index is 1450. The second kappa shape index (κ2) is 9.63. The van der Waals surface area contributed by atoms with E-state index in [4.69, 9.17) is 5.10 Å². The molecule has 4 aromatic rings. The highest BCUT2D eigenvalue weighted by Gasteiger charge is 2.33. The number of carbonyl (C=O) groups excluding carboxylic acids is 1. The van der Waals surface area contributed by atoms with E-state index in [9.17, 15) is 9.90 Å². The number of fused-ring (bicyclic) bond motifs is 1. The van der Waals surface area contributed by atoms with Gasteiger partial charge >= 0.3 is 6.03 Å². The van der Waals surface area contributed by atoms with Crippen LogP contribution in [0.2, 0.25) is 0 Å². The minimum Gasteiger partial charge on any atom is -0.394 e. The molecule has 13 heteroatoms. The van der Waals surface area contributed by atoms with Crippen LogP contribution in [0.25, 0.3) is 22.3 Å². The first kappa shape index (κ1) is 23.7. The van der Waals surface area contributed by atoms with Crippen LogP contribution in [-0.2, 0) is 0 Å². The van der Waals surface area contributed by atoms with Gasteiger partial charge in [-0.05, 0) is 44.2 Å². The smallest absolute Gasteiger partial charge is 0.323 e. The molecule has 1 aliphatic heterocycles. The third-order valence-corrected chi connectivity index (χ3v) is 7.73. The molecule has 6 rings (SSSR count). The van der Waals surface area contributed by atoms with Crippen LogP contribution in [-0.4, -0.2) is 69.5 Å². The molecule has 0 radical (unpaired) electrons. The van der Waals surface area contributed by atoms with E-state index in [-0.39, 0.29) is 24.7 Å². The van der Waals surface area contributed by atoms with Gasteiger partial charge in [0, 0.05) is 35.9 Å². The molecular weight excluding hydrogens is 492 g/mol. The van der Waals surface area contributed by atoms with Gasteiger partial charge in [0.2, 0.25) is 0 Å². The average molecular weight is 521 g/mol. The topological polar surface area (TPSA) is 139 Å². The lowest BCUT2D eigenvalue weighted by Crippen LogP contribution is -2.30. The average Bonchev–Trinajstić information content (AvgIpc) is 3.29. The number of hydrogen-bond donors (Lipinski definition) is 3. The van der Waals surface area contributed by atoms with E-state index < -0.39 is 0 Å². The van der Waals surface area contributed by atoms with E-state index in [1.54, 1.807) is 41.5 Å². The lowest BCUT2D eigenvalue weighted by molar-refractivity contribution is 0.239. The van der Waals surface area contributed by atoms with Crippen LogP contribution in [0.3, 0.4) is 0 Å². The van der Waals surface area contributed by atoms with Gasteiger partial charge in [0.1, 0.15) is 11.6 Å². The number of aliphatic hydroxyl groups excluding tert-OH is 1. The van der Waals surface area contributed by atoms with Gasteiger partial charge in [-0.3, -0.25) is 9.58 Å². The summed E-state index contributed by atoms with van der Waals surface area (Å²) in [5, 5.41) is 26.2. The maximum Gasteiger partial charge on any atom is 0.323 e. The third kappa shape index (κ3) is 4.71. The second-order valence-electron chi connectivity index (χ2n) is 9.38. The molecule has 1 aliphatic carbocycles. The van der Waals surface area contributed by atoms with Crippen molar-refractivity contribution in [1.82, 2.24) is 39.2 Å². The fourth-order valence-corrected chi connectivity index (χ4v) is 5.11. The monoisotopic (exact) mass is 520 g/mol. The molecule has 0 bridgehead atoms. The van der Waals surface area contributed by atoms with E-state index in [0.29, 0.717) is 35.1 Å². The number of aliphatic hydroxyl groups is 1. The molecule has 1 saturated carbocycles. The van der Waals surface area contributed by atoms with Crippen molar-refractivity contribution in [2.45, 2.75) is 50.4 Å². The van der Waals surface area contributed by atoms with E-state index >= 15 is 0 Å². The largest absolute Gasteiger partial charge is 0.394 e. The first-order valence-corrected chi connectivity index (χ1v) is 13.3. The summed E-state index contributed by atoms with van der Waals surface area (Å²) in [5.41, 5.74) is 1.71. The van der Waals surface area contributed by atoms with Crippen LogP contribution in [0.15, 0.2) is 36.9 Å². The van der Waals surface area contributed by atoms with Crippen molar-refractivity contribution < 1.29 is 9.90 Å². The van der Waals surface area contributed by atoms with Gasteiger partial charge in [-0.25, -0.2) is 23.8 Å². The number of urea groups is 1. The Morgan fingerprint density at radius 3 is 2.89 bits per heavy atom. The second-order valence-corrected chi connectivity index (χ2v) is 10.6.